The molecule has 1 N–H and O–H groups in total. The fraction of sp³-hybridized carbons (Fsp3) is 0.571. The van der Waals surface area contributed by atoms with Crippen LogP contribution in [0.2, 0.25) is 0 Å². The molecular weight excluding hydrogens is 348 g/mol. The van der Waals surface area contributed by atoms with Gasteiger partial charge in [-0.15, -0.1) is 0 Å². The van der Waals surface area contributed by atoms with E-state index in [1.54, 1.807) is 0 Å². The maximum absolute atomic E-state index is 12.7. The summed E-state index contributed by atoms with van der Waals surface area (Å²) in [5.41, 5.74) is 1.13. The van der Waals surface area contributed by atoms with Crippen molar-refractivity contribution in [2.45, 2.75) is 56.5 Å². The number of carbonyl (C=O) groups is 1. The zero-order chi connectivity index (χ0) is 18.4. The summed E-state index contributed by atoms with van der Waals surface area (Å²) in [6.45, 7) is 0. The summed E-state index contributed by atoms with van der Waals surface area (Å²) >= 11 is 0. The van der Waals surface area contributed by atoms with Crippen LogP contribution in [0.3, 0.4) is 0 Å². The Morgan fingerprint density at radius 2 is 1.88 bits per heavy atom. The van der Waals surface area contributed by atoms with Gasteiger partial charge >= 0.3 is 5.97 Å². The number of hydrogen-bond donors (Lipinski definition) is 1. The summed E-state index contributed by atoms with van der Waals surface area (Å²) in [6, 6.07) is 10.0. The standard InChI is InChI=1S/C21H28O4S/c22-21(23)11-7-2-1-6-10-17-18(20-13-12-19(17)25-20)15-26(24)14-16-8-4-3-5-9-16/h1,3-6,8-9,17-20H,2,7,10-15H2,(H,22,23)/t17-,18+,19-,20+,26?/m1/s1. The molecule has 3 rings (SSSR count). The summed E-state index contributed by atoms with van der Waals surface area (Å²) in [6.07, 6.45) is 9.70. The van der Waals surface area contributed by atoms with E-state index in [2.05, 4.69) is 12.2 Å². The van der Waals surface area contributed by atoms with Crippen molar-refractivity contribution in [3.8, 4) is 0 Å². The highest BCUT2D eigenvalue weighted by Gasteiger charge is 2.48. The van der Waals surface area contributed by atoms with E-state index in [9.17, 15) is 9.00 Å². The van der Waals surface area contributed by atoms with Crippen LogP contribution in [0.5, 0.6) is 0 Å². The average molecular weight is 377 g/mol. The maximum atomic E-state index is 12.7. The third kappa shape index (κ3) is 5.27. The van der Waals surface area contributed by atoms with Crippen molar-refractivity contribution in [3.63, 3.8) is 0 Å². The average Bonchev–Trinajstić information content (AvgIpc) is 3.21. The highest BCUT2D eigenvalue weighted by Crippen LogP contribution is 2.45. The van der Waals surface area contributed by atoms with E-state index in [1.165, 1.54) is 0 Å². The Hall–Kier alpha value is -1.46. The smallest absolute Gasteiger partial charge is 0.303 e. The zero-order valence-electron chi connectivity index (χ0n) is 15.1. The van der Waals surface area contributed by atoms with Crippen molar-refractivity contribution in [2.75, 3.05) is 5.75 Å². The SMILES string of the molecule is O=C(O)CCCC=CC[C@@H]1[C@H](CS(=O)Cc2ccccc2)[C@@H]2CC[C@H]1O2. The van der Waals surface area contributed by atoms with Crippen LogP contribution in [-0.4, -0.2) is 33.2 Å². The molecule has 2 aliphatic rings. The van der Waals surface area contributed by atoms with Gasteiger partial charge in [-0.3, -0.25) is 9.00 Å². The van der Waals surface area contributed by atoms with Crippen LogP contribution in [0.15, 0.2) is 42.5 Å². The van der Waals surface area contributed by atoms with Gasteiger partial charge in [-0.05, 0) is 43.6 Å². The van der Waals surface area contributed by atoms with E-state index in [-0.39, 0.29) is 12.5 Å². The first kappa shape index (κ1) is 19.3. The quantitative estimate of drug-likeness (QED) is 0.496. The molecule has 0 aromatic heterocycles. The Morgan fingerprint density at radius 1 is 1.15 bits per heavy atom. The molecule has 0 spiro atoms. The topological polar surface area (TPSA) is 63.6 Å². The van der Waals surface area contributed by atoms with Crippen molar-refractivity contribution in [1.82, 2.24) is 0 Å². The molecule has 0 aliphatic carbocycles. The molecule has 5 atom stereocenters. The lowest BCUT2D eigenvalue weighted by atomic mass is 9.78. The Balaban J connectivity index is 1.49. The number of benzene rings is 1. The molecule has 2 aliphatic heterocycles. The first-order chi connectivity index (χ1) is 12.6. The highest BCUT2D eigenvalue weighted by molar-refractivity contribution is 7.84. The number of hydrogen-bond acceptors (Lipinski definition) is 3. The van der Waals surface area contributed by atoms with Crippen LogP contribution in [-0.2, 0) is 26.1 Å². The molecule has 0 amide bonds. The van der Waals surface area contributed by atoms with E-state index in [0.29, 0.717) is 35.9 Å². The second kappa shape index (κ2) is 9.47. The summed E-state index contributed by atoms with van der Waals surface area (Å²) < 4.78 is 18.8. The molecular formula is C21H28O4S. The molecule has 26 heavy (non-hydrogen) atoms. The number of carboxylic acid groups (broad SMARTS) is 1. The van der Waals surface area contributed by atoms with E-state index in [0.717, 1.165) is 31.2 Å². The van der Waals surface area contributed by atoms with Gasteiger partial charge in [0.15, 0.2) is 0 Å². The minimum atomic E-state index is -0.868. The molecule has 5 heteroatoms. The van der Waals surface area contributed by atoms with Gasteiger partial charge in [0.1, 0.15) is 0 Å². The number of fused-ring (bicyclic) bond motifs is 2. The second-order valence-corrected chi connectivity index (χ2v) is 8.85. The Morgan fingerprint density at radius 3 is 2.62 bits per heavy atom. The van der Waals surface area contributed by atoms with E-state index < -0.39 is 16.8 Å². The number of carboxylic acids is 1. The second-order valence-electron chi connectivity index (χ2n) is 7.35. The molecule has 0 radical (unpaired) electrons. The molecule has 1 aromatic rings. The molecule has 4 nitrogen and oxygen atoms in total. The van der Waals surface area contributed by atoms with Gasteiger partial charge in [0.05, 0.1) is 12.2 Å². The lowest BCUT2D eigenvalue weighted by Crippen LogP contribution is -2.31. The zero-order valence-corrected chi connectivity index (χ0v) is 15.9. The van der Waals surface area contributed by atoms with Gasteiger partial charge < -0.3 is 9.84 Å². The van der Waals surface area contributed by atoms with Gasteiger partial charge in [0, 0.05) is 34.6 Å². The minimum absolute atomic E-state index is 0.225. The highest BCUT2D eigenvalue weighted by atomic mass is 32.2. The predicted molar refractivity (Wildman–Crippen MR) is 103 cm³/mol. The predicted octanol–water partition coefficient (Wildman–Crippen LogP) is 3.93. The Bertz CT molecular complexity index is 643. The number of allylic oxidation sites excluding steroid dienone is 2. The molecule has 0 saturated carbocycles. The lowest BCUT2D eigenvalue weighted by molar-refractivity contribution is -0.137. The van der Waals surface area contributed by atoms with Gasteiger partial charge in [-0.25, -0.2) is 0 Å². The summed E-state index contributed by atoms with van der Waals surface area (Å²) in [5, 5.41) is 8.67. The molecule has 142 valence electrons. The molecule has 2 saturated heterocycles. The van der Waals surface area contributed by atoms with Crippen LogP contribution in [0.4, 0.5) is 0 Å². The number of unbranched alkanes of at least 4 members (excludes halogenated alkanes) is 1. The van der Waals surface area contributed by atoms with Gasteiger partial charge in [0.2, 0.25) is 0 Å². The van der Waals surface area contributed by atoms with E-state index >= 15 is 0 Å². The van der Waals surface area contributed by atoms with Crippen molar-refractivity contribution < 1.29 is 18.8 Å². The minimum Gasteiger partial charge on any atom is -0.481 e. The fourth-order valence-electron chi connectivity index (χ4n) is 4.20. The molecule has 1 unspecified atom stereocenters. The number of ether oxygens (including phenoxy) is 1. The largest absolute Gasteiger partial charge is 0.481 e. The van der Waals surface area contributed by atoms with Gasteiger partial charge in [0.25, 0.3) is 0 Å². The van der Waals surface area contributed by atoms with Crippen molar-refractivity contribution in [1.29, 1.82) is 0 Å². The summed E-state index contributed by atoms with van der Waals surface area (Å²) in [5.74, 6) is 1.42. The summed E-state index contributed by atoms with van der Waals surface area (Å²) in [7, 11) is -0.868. The van der Waals surface area contributed by atoms with Crippen molar-refractivity contribution in [2.24, 2.45) is 11.8 Å². The molecule has 2 fully saturated rings. The fourth-order valence-corrected chi connectivity index (χ4v) is 5.78. The van der Waals surface area contributed by atoms with Crippen LogP contribution < -0.4 is 0 Å². The van der Waals surface area contributed by atoms with Gasteiger partial charge in [-0.1, -0.05) is 42.5 Å². The molecule has 2 bridgehead atoms. The third-order valence-corrected chi connectivity index (χ3v) is 6.89. The van der Waals surface area contributed by atoms with Crippen molar-refractivity contribution >= 4 is 16.8 Å². The van der Waals surface area contributed by atoms with Crippen molar-refractivity contribution in [3.05, 3.63) is 48.0 Å². The van der Waals surface area contributed by atoms with Gasteiger partial charge in [-0.2, -0.15) is 0 Å². The Labute approximate surface area is 158 Å². The van der Waals surface area contributed by atoms with E-state index in [1.807, 2.05) is 30.3 Å². The normalized spacial score (nSPS) is 28.6. The molecule has 2 heterocycles. The van der Waals surface area contributed by atoms with E-state index in [4.69, 9.17) is 9.84 Å². The lowest BCUT2D eigenvalue weighted by Gasteiger charge is -2.26. The third-order valence-electron chi connectivity index (χ3n) is 5.48. The Kier molecular flexibility index (Phi) is 7.03. The maximum Gasteiger partial charge on any atom is 0.303 e. The van der Waals surface area contributed by atoms with Crippen LogP contribution in [0.1, 0.15) is 44.1 Å². The molecule has 1 aromatic carbocycles. The first-order valence-corrected chi connectivity index (χ1v) is 11.0. The number of rotatable bonds is 10. The van der Waals surface area contributed by atoms with Crippen LogP contribution in [0.25, 0.3) is 0 Å². The van der Waals surface area contributed by atoms with Crippen LogP contribution in [0, 0.1) is 11.8 Å². The number of aliphatic carboxylic acids is 1. The van der Waals surface area contributed by atoms with Crippen LogP contribution >= 0.6 is 0 Å². The summed E-state index contributed by atoms with van der Waals surface area (Å²) in [4.78, 5) is 10.5. The first-order valence-electron chi connectivity index (χ1n) is 9.54. The monoisotopic (exact) mass is 376 g/mol.